The first-order valence-corrected chi connectivity index (χ1v) is 6.70. The molecule has 0 aliphatic carbocycles. The summed E-state index contributed by atoms with van der Waals surface area (Å²) in [4.78, 5) is 14.1. The Hall–Kier alpha value is -1.52. The molecule has 0 radical (unpaired) electrons. The predicted molar refractivity (Wildman–Crippen MR) is 71.2 cm³/mol. The van der Waals surface area contributed by atoms with Crippen molar-refractivity contribution in [1.29, 1.82) is 0 Å². The van der Waals surface area contributed by atoms with Crippen LogP contribution in [-0.2, 0) is 0 Å². The van der Waals surface area contributed by atoms with Crippen molar-refractivity contribution in [2.75, 3.05) is 18.8 Å². The number of rotatable bonds is 3. The molecule has 100 valence electrons. The molecule has 0 saturated carbocycles. The number of nitrogen functional groups attached to an aromatic ring is 1. The van der Waals surface area contributed by atoms with E-state index in [0.29, 0.717) is 16.9 Å². The number of H-pyrrole nitrogens is 1. The number of carbonyl (C=O) groups is 1. The lowest BCUT2D eigenvalue weighted by atomic mass is 9.74. The van der Waals surface area contributed by atoms with Crippen LogP contribution in [0.15, 0.2) is 6.07 Å². The number of likely N-dealkylation sites (tertiary alicyclic amines) is 1. The lowest BCUT2D eigenvalue weighted by Gasteiger charge is -2.40. The van der Waals surface area contributed by atoms with E-state index in [1.54, 1.807) is 6.07 Å². The molecule has 1 amide bonds. The van der Waals surface area contributed by atoms with Crippen molar-refractivity contribution in [1.82, 2.24) is 15.1 Å². The first-order valence-electron chi connectivity index (χ1n) is 6.70. The van der Waals surface area contributed by atoms with Crippen LogP contribution >= 0.6 is 0 Å². The number of nitrogens with two attached hydrogens (primary N) is 1. The van der Waals surface area contributed by atoms with Gasteiger partial charge in [0.2, 0.25) is 0 Å². The normalized spacial score (nSPS) is 18.9. The zero-order valence-electron chi connectivity index (χ0n) is 11.2. The molecule has 0 unspecified atom stereocenters. The van der Waals surface area contributed by atoms with Crippen LogP contribution in [0.1, 0.15) is 50.0 Å². The van der Waals surface area contributed by atoms with Crippen molar-refractivity contribution in [2.45, 2.75) is 39.5 Å². The third-order valence-electron chi connectivity index (χ3n) is 4.44. The van der Waals surface area contributed by atoms with Gasteiger partial charge < -0.3 is 10.6 Å². The highest BCUT2D eigenvalue weighted by atomic mass is 16.2. The van der Waals surface area contributed by atoms with Gasteiger partial charge >= 0.3 is 0 Å². The smallest absolute Gasteiger partial charge is 0.271 e. The maximum Gasteiger partial charge on any atom is 0.271 e. The minimum Gasteiger partial charge on any atom is -0.382 e. The summed E-state index contributed by atoms with van der Waals surface area (Å²) in [5.74, 6) is 0.381. The topological polar surface area (TPSA) is 75.0 Å². The highest BCUT2D eigenvalue weighted by molar-refractivity contribution is 5.93. The van der Waals surface area contributed by atoms with Gasteiger partial charge in [-0.1, -0.05) is 26.7 Å². The number of amides is 1. The van der Waals surface area contributed by atoms with Gasteiger partial charge in [0.25, 0.3) is 5.91 Å². The second kappa shape index (κ2) is 5.00. The zero-order valence-corrected chi connectivity index (χ0v) is 11.2. The average Bonchev–Trinajstić information content (AvgIpc) is 2.85. The fourth-order valence-electron chi connectivity index (χ4n) is 2.76. The SMILES string of the molecule is CCC1(CC)CCN(C(=O)c2cc(N)n[nH]2)CC1. The number of nitrogens with one attached hydrogen (secondary N) is 1. The molecule has 0 aromatic carbocycles. The third-order valence-corrected chi connectivity index (χ3v) is 4.44. The van der Waals surface area contributed by atoms with Crippen molar-refractivity contribution in [3.8, 4) is 0 Å². The number of aromatic nitrogens is 2. The number of nitrogens with zero attached hydrogens (tertiary/aromatic N) is 2. The van der Waals surface area contributed by atoms with Crippen LogP contribution < -0.4 is 5.73 Å². The Morgan fingerprint density at radius 1 is 1.44 bits per heavy atom. The summed E-state index contributed by atoms with van der Waals surface area (Å²) in [6.45, 7) is 6.16. The highest BCUT2D eigenvalue weighted by Crippen LogP contribution is 2.38. The lowest BCUT2D eigenvalue weighted by Crippen LogP contribution is -2.42. The molecule has 5 heteroatoms. The number of hydrogen-bond acceptors (Lipinski definition) is 3. The molecule has 18 heavy (non-hydrogen) atoms. The minimum absolute atomic E-state index is 0.0139. The Labute approximate surface area is 108 Å². The van der Waals surface area contributed by atoms with Crippen molar-refractivity contribution in [3.05, 3.63) is 11.8 Å². The van der Waals surface area contributed by atoms with Gasteiger partial charge in [-0.05, 0) is 18.3 Å². The van der Waals surface area contributed by atoms with E-state index in [2.05, 4.69) is 24.0 Å². The van der Waals surface area contributed by atoms with Crippen LogP contribution in [0, 0.1) is 5.41 Å². The summed E-state index contributed by atoms with van der Waals surface area (Å²) in [5, 5.41) is 6.48. The quantitative estimate of drug-likeness (QED) is 0.862. The van der Waals surface area contributed by atoms with Crippen LogP contribution in [0.25, 0.3) is 0 Å². The number of hydrogen-bond donors (Lipinski definition) is 2. The lowest BCUT2D eigenvalue weighted by molar-refractivity contribution is 0.0552. The minimum atomic E-state index is 0.0139. The highest BCUT2D eigenvalue weighted by Gasteiger charge is 2.33. The van der Waals surface area contributed by atoms with E-state index >= 15 is 0 Å². The van der Waals surface area contributed by atoms with E-state index < -0.39 is 0 Å². The molecule has 1 aromatic rings. The molecule has 3 N–H and O–H groups in total. The van der Waals surface area contributed by atoms with Gasteiger partial charge in [-0.2, -0.15) is 5.10 Å². The first kappa shape index (κ1) is 12.9. The molecule has 0 spiro atoms. The van der Waals surface area contributed by atoms with Crippen molar-refractivity contribution < 1.29 is 4.79 Å². The Morgan fingerprint density at radius 2 is 2.06 bits per heavy atom. The van der Waals surface area contributed by atoms with Crippen LogP contribution in [0.4, 0.5) is 5.82 Å². The van der Waals surface area contributed by atoms with Crippen molar-refractivity contribution in [3.63, 3.8) is 0 Å². The summed E-state index contributed by atoms with van der Waals surface area (Å²) in [5.41, 5.74) is 6.45. The maximum absolute atomic E-state index is 12.2. The van der Waals surface area contributed by atoms with Crippen molar-refractivity contribution >= 4 is 11.7 Å². The molecule has 1 saturated heterocycles. The second-order valence-electron chi connectivity index (χ2n) is 5.21. The van der Waals surface area contributed by atoms with E-state index in [4.69, 9.17) is 5.73 Å². The number of carbonyl (C=O) groups excluding carboxylic acids is 1. The molecule has 1 aliphatic heterocycles. The molecule has 2 rings (SSSR count). The van der Waals surface area contributed by atoms with Gasteiger partial charge in [-0.3, -0.25) is 9.89 Å². The summed E-state index contributed by atoms with van der Waals surface area (Å²) >= 11 is 0. The van der Waals surface area contributed by atoms with E-state index in [1.165, 1.54) is 12.8 Å². The molecular weight excluding hydrogens is 228 g/mol. The molecular formula is C13H22N4O. The van der Waals surface area contributed by atoms with Crippen molar-refractivity contribution in [2.24, 2.45) is 5.41 Å². The Bertz CT molecular complexity index is 412. The van der Waals surface area contributed by atoms with E-state index in [-0.39, 0.29) is 5.91 Å². The second-order valence-corrected chi connectivity index (χ2v) is 5.21. The maximum atomic E-state index is 12.2. The van der Waals surface area contributed by atoms with E-state index in [0.717, 1.165) is 25.9 Å². The monoisotopic (exact) mass is 250 g/mol. The van der Waals surface area contributed by atoms with Gasteiger partial charge in [-0.25, -0.2) is 0 Å². The molecule has 2 heterocycles. The largest absolute Gasteiger partial charge is 0.382 e. The molecule has 0 atom stereocenters. The summed E-state index contributed by atoms with van der Waals surface area (Å²) < 4.78 is 0. The Kier molecular flexibility index (Phi) is 3.59. The summed E-state index contributed by atoms with van der Waals surface area (Å²) in [7, 11) is 0. The van der Waals surface area contributed by atoms with E-state index in [1.807, 2.05) is 4.90 Å². The van der Waals surface area contributed by atoms with Crippen LogP contribution in [-0.4, -0.2) is 34.1 Å². The molecule has 5 nitrogen and oxygen atoms in total. The first-order chi connectivity index (χ1) is 8.60. The van der Waals surface area contributed by atoms with Crippen LogP contribution in [0.3, 0.4) is 0 Å². The van der Waals surface area contributed by atoms with Gasteiger partial charge in [0, 0.05) is 19.2 Å². The third kappa shape index (κ3) is 2.35. The van der Waals surface area contributed by atoms with Gasteiger partial charge in [0.15, 0.2) is 0 Å². The molecule has 0 bridgehead atoms. The van der Waals surface area contributed by atoms with Crippen LogP contribution in [0.5, 0.6) is 0 Å². The average molecular weight is 250 g/mol. The summed E-state index contributed by atoms with van der Waals surface area (Å²) in [6.07, 6.45) is 4.58. The molecule has 1 fully saturated rings. The number of aromatic amines is 1. The van der Waals surface area contributed by atoms with Gasteiger partial charge in [-0.15, -0.1) is 0 Å². The number of anilines is 1. The van der Waals surface area contributed by atoms with Gasteiger partial charge in [0.1, 0.15) is 11.5 Å². The molecule has 1 aliphatic rings. The summed E-state index contributed by atoms with van der Waals surface area (Å²) in [6, 6.07) is 1.60. The Morgan fingerprint density at radius 3 is 2.50 bits per heavy atom. The fourth-order valence-corrected chi connectivity index (χ4v) is 2.76. The van der Waals surface area contributed by atoms with E-state index in [9.17, 15) is 4.79 Å². The number of piperidine rings is 1. The molecule has 1 aromatic heterocycles. The van der Waals surface area contributed by atoms with Gasteiger partial charge in [0.05, 0.1) is 0 Å². The predicted octanol–water partition coefficient (Wildman–Crippen LogP) is 2.03. The van der Waals surface area contributed by atoms with Crippen LogP contribution in [0.2, 0.25) is 0 Å². The fraction of sp³-hybridized carbons (Fsp3) is 0.692. The zero-order chi connectivity index (χ0) is 13.2. The standard InChI is InChI=1S/C13H22N4O/c1-3-13(4-2)5-7-17(8-6-13)12(18)10-9-11(14)16-15-10/h9H,3-8H2,1-2H3,(H3,14,15,16). The Balaban J connectivity index is 1.99.